The highest BCUT2D eigenvalue weighted by molar-refractivity contribution is 7.21. The average molecular weight is 537 g/mol. The predicted molar refractivity (Wildman–Crippen MR) is 157 cm³/mol. The number of amides is 3. The molecule has 0 spiro atoms. The van der Waals surface area contributed by atoms with E-state index in [1.807, 2.05) is 49.4 Å². The van der Waals surface area contributed by atoms with Crippen molar-refractivity contribution < 1.29 is 9.59 Å². The first-order chi connectivity index (χ1) is 19.0. The lowest BCUT2D eigenvalue weighted by atomic mass is 10.0. The van der Waals surface area contributed by atoms with Gasteiger partial charge in [0.2, 0.25) is 0 Å². The molecule has 2 aliphatic heterocycles. The second-order valence-corrected chi connectivity index (χ2v) is 10.7. The van der Waals surface area contributed by atoms with Gasteiger partial charge in [0.25, 0.3) is 5.91 Å². The zero-order chi connectivity index (χ0) is 27.1. The molecule has 0 radical (unpaired) electrons. The van der Waals surface area contributed by atoms with Crippen LogP contribution in [-0.2, 0) is 0 Å². The van der Waals surface area contributed by atoms with E-state index in [0.29, 0.717) is 27.6 Å². The molecule has 1 aromatic carbocycles. The Hall–Kier alpha value is -4.50. The number of carbonyl (C=O) groups excluding carboxylic acids is 2. The Balaban J connectivity index is 1.36. The van der Waals surface area contributed by atoms with Gasteiger partial charge in [-0.2, -0.15) is 0 Å². The molecule has 1 saturated heterocycles. The monoisotopic (exact) mass is 536 g/mol. The first-order valence-corrected chi connectivity index (χ1v) is 13.7. The number of hydrogen-bond donors (Lipinski definition) is 2. The minimum atomic E-state index is -0.332. The number of anilines is 3. The second kappa shape index (κ2) is 9.99. The Labute approximate surface area is 230 Å². The Bertz CT molecular complexity index is 1630. The van der Waals surface area contributed by atoms with E-state index < -0.39 is 0 Å². The molecule has 3 amide bonds. The predicted octanol–water partition coefficient (Wildman–Crippen LogP) is 6.24. The van der Waals surface area contributed by atoms with Crippen LogP contribution >= 0.6 is 11.3 Å². The fraction of sp³-hybridized carbons (Fsp3) is 0.200. The molecular formula is C30H28N6O2S. The van der Waals surface area contributed by atoms with Gasteiger partial charge in [-0.25, -0.2) is 9.78 Å². The van der Waals surface area contributed by atoms with E-state index in [2.05, 4.69) is 38.7 Å². The van der Waals surface area contributed by atoms with Crippen LogP contribution in [-0.4, -0.2) is 45.9 Å². The number of urea groups is 1. The van der Waals surface area contributed by atoms with Crippen LogP contribution in [0.3, 0.4) is 0 Å². The van der Waals surface area contributed by atoms with E-state index in [1.54, 1.807) is 23.4 Å². The number of pyridine rings is 2. The van der Waals surface area contributed by atoms with Crippen molar-refractivity contribution in [2.45, 2.75) is 25.8 Å². The van der Waals surface area contributed by atoms with Crippen LogP contribution in [0.25, 0.3) is 21.5 Å². The van der Waals surface area contributed by atoms with Gasteiger partial charge in [-0.05, 0) is 43.5 Å². The molecular weight excluding hydrogens is 508 g/mol. The van der Waals surface area contributed by atoms with Crippen LogP contribution < -0.4 is 15.5 Å². The largest absolute Gasteiger partial charge is 0.370 e. The van der Waals surface area contributed by atoms with Gasteiger partial charge in [0.05, 0.1) is 28.1 Å². The molecule has 2 N–H and O–H groups in total. The van der Waals surface area contributed by atoms with Crippen molar-refractivity contribution in [1.82, 2.24) is 20.2 Å². The number of allylic oxidation sites excluding steroid dienone is 1. The summed E-state index contributed by atoms with van der Waals surface area (Å²) in [7, 11) is 0. The summed E-state index contributed by atoms with van der Waals surface area (Å²) < 4.78 is 0. The van der Waals surface area contributed by atoms with Gasteiger partial charge in [0, 0.05) is 42.8 Å². The molecule has 0 aliphatic carbocycles. The third-order valence-corrected chi connectivity index (χ3v) is 8.41. The van der Waals surface area contributed by atoms with Gasteiger partial charge in [0.1, 0.15) is 9.71 Å². The van der Waals surface area contributed by atoms with Crippen LogP contribution in [0.4, 0.5) is 21.9 Å². The van der Waals surface area contributed by atoms with E-state index in [9.17, 15) is 9.59 Å². The van der Waals surface area contributed by atoms with E-state index >= 15 is 0 Å². The van der Waals surface area contributed by atoms with Gasteiger partial charge in [-0.1, -0.05) is 43.5 Å². The van der Waals surface area contributed by atoms with Crippen LogP contribution in [0.1, 0.15) is 28.1 Å². The lowest BCUT2D eigenvalue weighted by molar-refractivity contribution is 0.0920. The fourth-order valence-electron chi connectivity index (χ4n) is 5.37. The molecule has 2 aliphatic rings. The Morgan fingerprint density at radius 3 is 2.72 bits per heavy atom. The highest BCUT2D eigenvalue weighted by atomic mass is 32.1. The van der Waals surface area contributed by atoms with E-state index in [0.717, 1.165) is 53.0 Å². The molecule has 1 fully saturated rings. The molecule has 0 bridgehead atoms. The van der Waals surface area contributed by atoms with Gasteiger partial charge < -0.3 is 15.5 Å². The number of thiophene rings is 1. The van der Waals surface area contributed by atoms with Crippen molar-refractivity contribution >= 4 is 50.6 Å². The molecule has 3 aromatic heterocycles. The first-order valence-electron chi connectivity index (χ1n) is 12.9. The highest BCUT2D eigenvalue weighted by Crippen LogP contribution is 2.46. The van der Waals surface area contributed by atoms with Crippen molar-refractivity contribution in [2.75, 3.05) is 23.3 Å². The Morgan fingerprint density at radius 2 is 1.92 bits per heavy atom. The van der Waals surface area contributed by atoms with Crippen molar-refractivity contribution in [3.05, 3.63) is 90.2 Å². The summed E-state index contributed by atoms with van der Waals surface area (Å²) in [6.07, 6.45) is 6.96. The number of nitrogens with zero attached hydrogens (tertiary/aromatic N) is 4. The van der Waals surface area contributed by atoms with E-state index in [4.69, 9.17) is 0 Å². The SMILES string of the molecule is C=CC(=C)N1CCC[C@@H](NC(=O)c2sc3nccc4c3c2NC(=O)N4c2ccnc(-c3ccccc3)c2C)C1. The van der Waals surface area contributed by atoms with E-state index in [-0.39, 0.29) is 18.0 Å². The maximum atomic E-state index is 13.6. The minimum absolute atomic E-state index is 0.0283. The number of rotatable bonds is 6. The molecule has 0 saturated carbocycles. The van der Waals surface area contributed by atoms with Crippen molar-refractivity contribution in [2.24, 2.45) is 0 Å². The van der Waals surface area contributed by atoms with E-state index in [1.165, 1.54) is 11.3 Å². The summed E-state index contributed by atoms with van der Waals surface area (Å²) in [6.45, 7) is 11.4. The zero-order valence-electron chi connectivity index (χ0n) is 21.6. The van der Waals surface area contributed by atoms with Crippen LogP contribution in [0.5, 0.6) is 0 Å². The molecule has 196 valence electrons. The quantitative estimate of drug-likeness (QED) is 0.285. The lowest BCUT2D eigenvalue weighted by Crippen LogP contribution is -2.47. The third-order valence-electron chi connectivity index (χ3n) is 7.31. The second-order valence-electron chi connectivity index (χ2n) is 9.71. The molecule has 1 atom stereocenters. The molecule has 5 heterocycles. The van der Waals surface area contributed by atoms with Crippen LogP contribution in [0.2, 0.25) is 0 Å². The molecule has 8 nitrogen and oxygen atoms in total. The standard InChI is InChI=1S/C30H28N6O2S/c1-4-18(2)35-16-8-11-21(17-35)33-28(37)27-26-24-23(13-15-32-29(24)39-27)36(30(38)34-26)22-12-14-31-25(19(22)3)20-9-6-5-7-10-20/h4-7,9-10,12-15,21H,1-2,8,11,16-17H2,3H3,(H,33,37)(H,34,38)/t21-/m1/s1. The van der Waals surface area contributed by atoms with Crippen molar-refractivity contribution in [3.8, 4) is 11.3 Å². The maximum Gasteiger partial charge on any atom is 0.331 e. The number of nitrogens with one attached hydrogen (secondary N) is 2. The van der Waals surface area contributed by atoms with Gasteiger partial charge >= 0.3 is 6.03 Å². The molecule has 9 heteroatoms. The van der Waals surface area contributed by atoms with Gasteiger partial charge in [0.15, 0.2) is 0 Å². The van der Waals surface area contributed by atoms with Crippen molar-refractivity contribution in [3.63, 3.8) is 0 Å². The summed E-state index contributed by atoms with van der Waals surface area (Å²) >= 11 is 1.29. The number of benzene rings is 1. The summed E-state index contributed by atoms with van der Waals surface area (Å²) in [6, 6.07) is 13.2. The van der Waals surface area contributed by atoms with Crippen molar-refractivity contribution in [1.29, 1.82) is 0 Å². The van der Waals surface area contributed by atoms with Crippen LogP contribution in [0.15, 0.2) is 79.8 Å². The molecule has 4 aromatic rings. The number of likely N-dealkylation sites (tertiary alicyclic amines) is 1. The molecule has 39 heavy (non-hydrogen) atoms. The topological polar surface area (TPSA) is 90.5 Å². The molecule has 0 unspecified atom stereocenters. The molecule has 6 rings (SSSR count). The highest BCUT2D eigenvalue weighted by Gasteiger charge is 2.34. The fourth-order valence-corrected chi connectivity index (χ4v) is 6.40. The van der Waals surface area contributed by atoms with Gasteiger partial charge in [-0.3, -0.25) is 14.7 Å². The summed E-state index contributed by atoms with van der Waals surface area (Å²) in [5.74, 6) is -0.213. The minimum Gasteiger partial charge on any atom is -0.370 e. The smallest absolute Gasteiger partial charge is 0.331 e. The Morgan fingerprint density at radius 1 is 1.15 bits per heavy atom. The maximum absolute atomic E-state index is 13.6. The van der Waals surface area contributed by atoms with Crippen LogP contribution in [0, 0.1) is 6.92 Å². The Kier molecular flexibility index (Phi) is 6.36. The third kappa shape index (κ3) is 4.34. The van der Waals surface area contributed by atoms with Gasteiger partial charge in [-0.15, -0.1) is 11.3 Å². The lowest BCUT2D eigenvalue weighted by Gasteiger charge is -2.35. The zero-order valence-corrected chi connectivity index (χ0v) is 22.4. The summed E-state index contributed by atoms with van der Waals surface area (Å²) in [5.41, 5.74) is 5.44. The number of aromatic nitrogens is 2. The first kappa shape index (κ1) is 24.8. The number of carbonyl (C=O) groups is 2. The number of piperidine rings is 1. The normalized spacial score (nSPS) is 16.6. The summed E-state index contributed by atoms with van der Waals surface area (Å²) in [4.78, 5) is 41.2. The average Bonchev–Trinajstić information content (AvgIpc) is 3.33. The summed E-state index contributed by atoms with van der Waals surface area (Å²) in [5, 5.41) is 6.93. The number of hydrogen-bond acceptors (Lipinski definition) is 6.